The second-order valence-corrected chi connectivity index (χ2v) is 9.39. The number of rotatable bonds is 5. The lowest BCUT2D eigenvalue weighted by Gasteiger charge is -2.33. The second-order valence-electron chi connectivity index (χ2n) is 7.67. The SMILES string of the molecule is O=[N+]([O-])c1cccc(/C=C/S(=O)(=O)N2C=Cc3ccccc3[C@H]2c2c[nH]c3ccccc23)c1. The maximum Gasteiger partial charge on any atom is 0.270 e. The summed E-state index contributed by atoms with van der Waals surface area (Å²) in [5, 5.41) is 13.1. The smallest absolute Gasteiger partial charge is 0.270 e. The lowest BCUT2D eigenvalue weighted by atomic mass is 9.92. The summed E-state index contributed by atoms with van der Waals surface area (Å²) in [6.07, 6.45) is 6.57. The number of nitro benzene ring substituents is 1. The number of nitro groups is 1. The van der Waals surface area contributed by atoms with Gasteiger partial charge in [-0.15, -0.1) is 0 Å². The zero-order chi connectivity index (χ0) is 23.0. The molecule has 0 aliphatic carbocycles. The van der Waals surface area contributed by atoms with Crippen molar-refractivity contribution in [3.8, 4) is 0 Å². The van der Waals surface area contributed by atoms with E-state index in [0.717, 1.165) is 33.0 Å². The van der Waals surface area contributed by atoms with E-state index >= 15 is 0 Å². The Morgan fingerprint density at radius 2 is 1.76 bits per heavy atom. The summed E-state index contributed by atoms with van der Waals surface area (Å²) in [5.74, 6) is 0. The molecule has 0 fully saturated rings. The van der Waals surface area contributed by atoms with E-state index < -0.39 is 21.0 Å². The fraction of sp³-hybridized carbons (Fsp3) is 0.0400. The zero-order valence-corrected chi connectivity index (χ0v) is 18.1. The van der Waals surface area contributed by atoms with E-state index in [9.17, 15) is 18.5 Å². The summed E-state index contributed by atoms with van der Waals surface area (Å²) in [4.78, 5) is 13.8. The molecule has 8 heteroatoms. The molecule has 0 amide bonds. The van der Waals surface area contributed by atoms with Crippen LogP contribution in [0.4, 0.5) is 5.69 Å². The van der Waals surface area contributed by atoms with Crippen LogP contribution in [0.1, 0.15) is 28.3 Å². The maximum absolute atomic E-state index is 13.5. The third kappa shape index (κ3) is 3.81. The summed E-state index contributed by atoms with van der Waals surface area (Å²) in [6.45, 7) is 0. The number of hydrogen-bond acceptors (Lipinski definition) is 4. The van der Waals surface area contributed by atoms with Crippen LogP contribution < -0.4 is 0 Å². The number of H-pyrrole nitrogens is 1. The van der Waals surface area contributed by atoms with Crippen molar-refractivity contribution in [2.24, 2.45) is 0 Å². The molecule has 7 nitrogen and oxygen atoms in total. The number of sulfonamides is 1. The first-order chi connectivity index (χ1) is 15.9. The minimum Gasteiger partial charge on any atom is -0.361 e. The molecule has 3 aromatic carbocycles. The first kappa shape index (κ1) is 20.7. The minimum atomic E-state index is -3.92. The van der Waals surface area contributed by atoms with Gasteiger partial charge in [0.05, 0.1) is 16.4 Å². The molecule has 0 radical (unpaired) electrons. The number of hydrogen-bond donors (Lipinski definition) is 1. The normalized spacial score (nSPS) is 15.8. The molecule has 1 aliphatic rings. The van der Waals surface area contributed by atoms with Gasteiger partial charge < -0.3 is 4.98 Å². The Labute approximate surface area is 190 Å². The third-order valence-corrected chi connectivity index (χ3v) is 7.07. The first-order valence-electron chi connectivity index (χ1n) is 10.2. The largest absolute Gasteiger partial charge is 0.361 e. The van der Waals surface area contributed by atoms with Gasteiger partial charge in [-0.2, -0.15) is 0 Å². The molecule has 1 N–H and O–H groups in total. The van der Waals surface area contributed by atoms with Crippen LogP contribution in [-0.4, -0.2) is 22.6 Å². The van der Waals surface area contributed by atoms with Gasteiger partial charge in [0.25, 0.3) is 15.7 Å². The Balaban J connectivity index is 1.60. The van der Waals surface area contributed by atoms with Crippen LogP contribution in [0.25, 0.3) is 23.1 Å². The number of fused-ring (bicyclic) bond motifs is 2. The maximum atomic E-state index is 13.5. The standard InChI is InChI=1S/C25H19N3O4S/c29-28(30)20-8-5-6-18(16-20)13-15-33(31,32)27-14-12-19-7-1-2-9-21(19)25(27)23-17-26-24-11-4-3-10-22(23)24/h1-17,25-26H/b15-13+/t25-/m0/s1. The summed E-state index contributed by atoms with van der Waals surface area (Å²) in [6, 6.07) is 20.7. The predicted octanol–water partition coefficient (Wildman–Crippen LogP) is 5.45. The highest BCUT2D eigenvalue weighted by Crippen LogP contribution is 2.40. The summed E-state index contributed by atoms with van der Waals surface area (Å²) < 4.78 is 28.3. The molecule has 1 aromatic heterocycles. The Bertz CT molecular complexity index is 1540. The van der Waals surface area contributed by atoms with E-state index in [2.05, 4.69) is 4.98 Å². The van der Waals surface area contributed by atoms with E-state index in [-0.39, 0.29) is 5.69 Å². The Kier molecular flexibility index (Phi) is 5.07. The predicted molar refractivity (Wildman–Crippen MR) is 129 cm³/mol. The van der Waals surface area contributed by atoms with E-state index in [1.165, 1.54) is 28.6 Å². The highest BCUT2D eigenvalue weighted by atomic mass is 32.2. The van der Waals surface area contributed by atoms with Crippen molar-refractivity contribution >= 4 is 38.8 Å². The first-order valence-corrected chi connectivity index (χ1v) is 11.7. The topological polar surface area (TPSA) is 96.3 Å². The number of aromatic amines is 1. The Morgan fingerprint density at radius 3 is 2.61 bits per heavy atom. The molecule has 0 saturated carbocycles. The van der Waals surface area contributed by atoms with Crippen LogP contribution in [0.3, 0.4) is 0 Å². The van der Waals surface area contributed by atoms with Gasteiger partial charge >= 0.3 is 0 Å². The minimum absolute atomic E-state index is 0.0991. The molecule has 1 atom stereocenters. The van der Waals surface area contributed by atoms with Crippen LogP contribution in [0.15, 0.2) is 90.6 Å². The quantitative estimate of drug-likeness (QED) is 0.318. The monoisotopic (exact) mass is 457 g/mol. The summed E-state index contributed by atoms with van der Waals surface area (Å²) in [7, 11) is -3.92. The molecule has 0 spiro atoms. The lowest BCUT2D eigenvalue weighted by Crippen LogP contribution is -2.31. The Morgan fingerprint density at radius 1 is 0.970 bits per heavy atom. The fourth-order valence-electron chi connectivity index (χ4n) is 4.12. The molecule has 0 bridgehead atoms. The molecule has 33 heavy (non-hydrogen) atoms. The Hall–Kier alpha value is -4.17. The van der Waals surface area contributed by atoms with Crippen molar-refractivity contribution in [3.05, 3.63) is 123 Å². The van der Waals surface area contributed by atoms with Gasteiger partial charge in [-0.05, 0) is 34.9 Å². The van der Waals surface area contributed by atoms with E-state index in [1.807, 2.05) is 54.7 Å². The highest BCUT2D eigenvalue weighted by Gasteiger charge is 2.33. The van der Waals surface area contributed by atoms with Crippen molar-refractivity contribution in [3.63, 3.8) is 0 Å². The molecule has 4 aromatic rings. The van der Waals surface area contributed by atoms with Crippen molar-refractivity contribution in [2.75, 3.05) is 0 Å². The van der Waals surface area contributed by atoms with Crippen LogP contribution in [0.5, 0.6) is 0 Å². The van der Waals surface area contributed by atoms with Crippen molar-refractivity contribution in [1.82, 2.24) is 9.29 Å². The molecule has 5 rings (SSSR count). The number of para-hydroxylation sites is 1. The van der Waals surface area contributed by atoms with Gasteiger partial charge in [0.15, 0.2) is 0 Å². The number of nitrogens with zero attached hydrogens (tertiary/aromatic N) is 2. The molecular weight excluding hydrogens is 438 g/mol. The van der Waals surface area contributed by atoms with Gasteiger partial charge in [-0.1, -0.05) is 54.6 Å². The third-order valence-electron chi connectivity index (χ3n) is 5.67. The van der Waals surface area contributed by atoms with Crippen molar-refractivity contribution < 1.29 is 13.3 Å². The highest BCUT2D eigenvalue weighted by molar-refractivity contribution is 7.92. The molecule has 164 valence electrons. The lowest BCUT2D eigenvalue weighted by molar-refractivity contribution is -0.384. The number of nitrogens with one attached hydrogen (secondary N) is 1. The van der Waals surface area contributed by atoms with Crippen LogP contribution in [0, 0.1) is 10.1 Å². The molecule has 1 aliphatic heterocycles. The van der Waals surface area contributed by atoms with Crippen LogP contribution in [-0.2, 0) is 10.0 Å². The summed E-state index contributed by atoms with van der Waals surface area (Å²) >= 11 is 0. The average Bonchev–Trinajstić information content (AvgIpc) is 3.26. The number of aromatic nitrogens is 1. The van der Waals surface area contributed by atoms with Crippen LogP contribution in [0.2, 0.25) is 0 Å². The number of non-ortho nitro benzene ring substituents is 1. The van der Waals surface area contributed by atoms with Crippen molar-refractivity contribution in [2.45, 2.75) is 6.04 Å². The van der Waals surface area contributed by atoms with E-state index in [4.69, 9.17) is 0 Å². The molecule has 2 heterocycles. The molecular formula is C25H19N3O4S. The second kappa shape index (κ2) is 8.07. The van der Waals surface area contributed by atoms with E-state index in [0.29, 0.717) is 5.56 Å². The average molecular weight is 458 g/mol. The van der Waals surface area contributed by atoms with E-state index in [1.54, 1.807) is 18.3 Å². The van der Waals surface area contributed by atoms with Gasteiger partial charge in [-0.3, -0.25) is 14.4 Å². The molecule has 0 saturated heterocycles. The van der Waals surface area contributed by atoms with Crippen LogP contribution >= 0.6 is 0 Å². The van der Waals surface area contributed by atoms with Gasteiger partial charge in [-0.25, -0.2) is 8.42 Å². The van der Waals surface area contributed by atoms with Gasteiger partial charge in [0.1, 0.15) is 0 Å². The van der Waals surface area contributed by atoms with Gasteiger partial charge in [0, 0.05) is 41.0 Å². The zero-order valence-electron chi connectivity index (χ0n) is 17.3. The van der Waals surface area contributed by atoms with Gasteiger partial charge in [0.2, 0.25) is 0 Å². The summed E-state index contributed by atoms with van der Waals surface area (Å²) in [5.41, 5.74) is 3.91. The fourth-order valence-corrected chi connectivity index (χ4v) is 5.34. The molecule has 0 unspecified atom stereocenters. The van der Waals surface area contributed by atoms with Crippen molar-refractivity contribution in [1.29, 1.82) is 0 Å². The number of benzene rings is 3.